The highest BCUT2D eigenvalue weighted by Gasteiger charge is 2.62. The minimum atomic E-state index is 0.259. The molecule has 2 heteroatoms. The Kier molecular flexibility index (Phi) is 0.859. The minimum absolute atomic E-state index is 0.259. The van der Waals surface area contributed by atoms with Gasteiger partial charge in [0.25, 0.3) is 0 Å². The van der Waals surface area contributed by atoms with E-state index in [0.717, 1.165) is 17.8 Å². The normalized spacial score (nSPS) is 58.9. The summed E-state index contributed by atoms with van der Waals surface area (Å²) in [6.07, 6.45) is 9.13. The third kappa shape index (κ3) is 0.578. The van der Waals surface area contributed by atoms with E-state index in [9.17, 15) is 4.79 Å². The molecule has 0 aromatic carbocycles. The number of β-lactam (4-membered cyclic amide) rings is 1. The first-order chi connectivity index (χ1) is 6.36. The van der Waals surface area contributed by atoms with Crippen molar-refractivity contribution in [3.05, 3.63) is 24.3 Å². The van der Waals surface area contributed by atoms with E-state index < -0.39 is 0 Å². The largest absolute Gasteiger partial charge is 0.352 e. The van der Waals surface area contributed by atoms with Gasteiger partial charge in [-0.1, -0.05) is 24.3 Å². The van der Waals surface area contributed by atoms with Crippen LogP contribution in [0.2, 0.25) is 0 Å². The van der Waals surface area contributed by atoms with Crippen LogP contribution in [-0.2, 0) is 4.79 Å². The van der Waals surface area contributed by atoms with Crippen molar-refractivity contribution in [2.75, 3.05) is 0 Å². The number of hydrogen-bond donors (Lipinski definition) is 1. The maximum absolute atomic E-state index is 11.4. The molecule has 4 aliphatic carbocycles. The Morgan fingerprint density at radius 2 is 1.77 bits per heavy atom. The number of carbonyl (C=O) groups is 1. The van der Waals surface area contributed by atoms with Crippen LogP contribution < -0.4 is 5.32 Å². The van der Waals surface area contributed by atoms with Gasteiger partial charge >= 0.3 is 0 Å². The van der Waals surface area contributed by atoms with Crippen molar-refractivity contribution >= 4 is 5.91 Å². The molecule has 66 valence electrons. The molecule has 6 atom stereocenters. The number of rotatable bonds is 0. The SMILES string of the molecule is O=C1N[C@@H]2C3[C@H]4C=CC(C=C[C@@H]34)[C@@H]12. The maximum Gasteiger partial charge on any atom is 0.226 e. The van der Waals surface area contributed by atoms with Crippen molar-refractivity contribution < 1.29 is 4.79 Å². The molecule has 2 unspecified atom stereocenters. The lowest BCUT2D eigenvalue weighted by atomic mass is 9.78. The Bertz CT molecular complexity index is 337. The van der Waals surface area contributed by atoms with E-state index >= 15 is 0 Å². The Balaban J connectivity index is 1.87. The lowest BCUT2D eigenvalue weighted by molar-refractivity contribution is -0.136. The fourth-order valence-corrected chi connectivity index (χ4v) is 3.36. The van der Waals surface area contributed by atoms with Crippen molar-refractivity contribution in [2.45, 2.75) is 6.04 Å². The zero-order chi connectivity index (χ0) is 8.58. The van der Waals surface area contributed by atoms with E-state index in [4.69, 9.17) is 0 Å². The van der Waals surface area contributed by atoms with Gasteiger partial charge in [-0.2, -0.15) is 0 Å². The number of carbonyl (C=O) groups excluding carboxylic acids is 1. The van der Waals surface area contributed by atoms with Gasteiger partial charge in [-0.05, 0) is 17.8 Å². The number of amides is 1. The van der Waals surface area contributed by atoms with Gasteiger partial charge in [-0.25, -0.2) is 0 Å². The van der Waals surface area contributed by atoms with Crippen molar-refractivity contribution in [3.8, 4) is 0 Å². The predicted octanol–water partition coefficient (Wildman–Crippen LogP) is 0.719. The summed E-state index contributed by atoms with van der Waals surface area (Å²) in [6.45, 7) is 0. The molecular weight excluding hydrogens is 162 g/mol. The Labute approximate surface area is 76.7 Å². The zero-order valence-corrected chi connectivity index (χ0v) is 7.18. The summed E-state index contributed by atoms with van der Waals surface area (Å²) in [4.78, 5) is 11.4. The number of nitrogens with one attached hydrogen (secondary N) is 1. The highest BCUT2D eigenvalue weighted by molar-refractivity contribution is 5.87. The molecule has 2 fully saturated rings. The van der Waals surface area contributed by atoms with Crippen LogP contribution in [0.25, 0.3) is 0 Å². The second-order valence-electron chi connectivity index (χ2n) is 4.64. The van der Waals surface area contributed by atoms with Gasteiger partial charge in [0.05, 0.1) is 5.92 Å². The minimum Gasteiger partial charge on any atom is -0.352 e. The van der Waals surface area contributed by atoms with Crippen LogP contribution >= 0.6 is 0 Å². The average molecular weight is 173 g/mol. The van der Waals surface area contributed by atoms with Crippen LogP contribution in [0.4, 0.5) is 0 Å². The molecule has 4 bridgehead atoms. The van der Waals surface area contributed by atoms with Gasteiger partial charge in [-0.3, -0.25) is 4.79 Å². The van der Waals surface area contributed by atoms with Crippen LogP contribution in [0.1, 0.15) is 0 Å². The summed E-state index contributed by atoms with van der Waals surface area (Å²) in [5.41, 5.74) is 0. The number of hydrogen-bond acceptors (Lipinski definition) is 1. The second-order valence-corrected chi connectivity index (χ2v) is 4.64. The molecule has 0 aromatic rings. The quantitative estimate of drug-likeness (QED) is 0.424. The molecule has 1 saturated carbocycles. The first kappa shape index (κ1) is 6.41. The topological polar surface area (TPSA) is 29.1 Å². The Morgan fingerprint density at radius 3 is 2.38 bits per heavy atom. The molecule has 5 rings (SSSR count). The highest BCUT2D eigenvalue weighted by atomic mass is 16.2. The summed E-state index contributed by atoms with van der Waals surface area (Å²) in [5.74, 6) is 3.10. The van der Waals surface area contributed by atoms with Crippen LogP contribution in [-0.4, -0.2) is 11.9 Å². The Hall–Kier alpha value is -1.05. The second kappa shape index (κ2) is 1.74. The van der Waals surface area contributed by atoms with Gasteiger partial charge < -0.3 is 5.32 Å². The molecule has 0 spiro atoms. The lowest BCUT2D eigenvalue weighted by Gasteiger charge is -2.39. The fraction of sp³-hybridized carbons (Fsp3) is 0.545. The molecule has 13 heavy (non-hydrogen) atoms. The van der Waals surface area contributed by atoms with Crippen LogP contribution in [0.15, 0.2) is 24.3 Å². The average Bonchev–Trinajstić information content (AvgIpc) is 2.79. The van der Waals surface area contributed by atoms with E-state index in [1.165, 1.54) is 0 Å². The van der Waals surface area contributed by atoms with Crippen molar-refractivity contribution in [1.82, 2.24) is 5.32 Å². The monoisotopic (exact) mass is 173 g/mol. The maximum atomic E-state index is 11.4. The smallest absolute Gasteiger partial charge is 0.226 e. The molecule has 1 aliphatic heterocycles. The molecule has 1 saturated heterocycles. The third-order valence-electron chi connectivity index (χ3n) is 4.13. The van der Waals surface area contributed by atoms with Gasteiger partial charge in [-0.15, -0.1) is 0 Å². The van der Waals surface area contributed by atoms with E-state index in [2.05, 4.69) is 29.6 Å². The van der Waals surface area contributed by atoms with E-state index in [1.807, 2.05) is 0 Å². The zero-order valence-electron chi connectivity index (χ0n) is 7.18. The van der Waals surface area contributed by atoms with Crippen molar-refractivity contribution in [3.63, 3.8) is 0 Å². The molecule has 0 aromatic heterocycles. The molecule has 0 radical (unpaired) electrons. The highest BCUT2D eigenvalue weighted by Crippen LogP contribution is 2.58. The molecule has 1 N–H and O–H groups in total. The van der Waals surface area contributed by atoms with Gasteiger partial charge in [0.2, 0.25) is 5.91 Å². The van der Waals surface area contributed by atoms with Gasteiger partial charge in [0.15, 0.2) is 0 Å². The van der Waals surface area contributed by atoms with E-state index in [1.54, 1.807) is 0 Å². The van der Waals surface area contributed by atoms with Crippen LogP contribution in [0, 0.1) is 29.6 Å². The molecule has 2 nitrogen and oxygen atoms in total. The van der Waals surface area contributed by atoms with E-state index in [0.29, 0.717) is 12.0 Å². The molecule has 5 aliphatic rings. The third-order valence-corrected chi connectivity index (χ3v) is 4.13. The molecule has 1 amide bonds. The lowest BCUT2D eigenvalue weighted by Crippen LogP contribution is -2.61. The van der Waals surface area contributed by atoms with Gasteiger partial charge in [0.1, 0.15) is 0 Å². The van der Waals surface area contributed by atoms with Crippen molar-refractivity contribution in [2.24, 2.45) is 29.6 Å². The van der Waals surface area contributed by atoms with Crippen LogP contribution in [0.5, 0.6) is 0 Å². The summed E-state index contributed by atoms with van der Waals surface area (Å²) in [7, 11) is 0. The summed E-state index contributed by atoms with van der Waals surface area (Å²) < 4.78 is 0. The summed E-state index contributed by atoms with van der Waals surface area (Å²) in [5, 5.41) is 3.06. The summed E-state index contributed by atoms with van der Waals surface area (Å²) in [6, 6.07) is 0.484. The van der Waals surface area contributed by atoms with Gasteiger partial charge in [0, 0.05) is 12.0 Å². The van der Waals surface area contributed by atoms with E-state index in [-0.39, 0.29) is 11.8 Å². The predicted molar refractivity (Wildman–Crippen MR) is 47.7 cm³/mol. The molecule has 1 heterocycles. The first-order valence-corrected chi connectivity index (χ1v) is 5.03. The number of allylic oxidation sites excluding steroid dienone is 4. The fourth-order valence-electron chi connectivity index (χ4n) is 3.36. The molecular formula is C11H11NO. The summed E-state index contributed by atoms with van der Waals surface area (Å²) >= 11 is 0. The van der Waals surface area contributed by atoms with Crippen LogP contribution in [0.3, 0.4) is 0 Å². The Morgan fingerprint density at radius 1 is 1.08 bits per heavy atom. The first-order valence-electron chi connectivity index (χ1n) is 5.03. The van der Waals surface area contributed by atoms with Crippen molar-refractivity contribution in [1.29, 1.82) is 0 Å². The standard InChI is InChI=1S/C11H11NO/c13-11-8-5-1-3-6-7(4-2-5)9(6)10(8)12-11/h1-10H,(H,12,13)/t5?,6-,7+,8-,9?,10+/m1/s1.